The average molecular weight is 222 g/mol. The highest BCUT2D eigenvalue weighted by Gasteiger charge is 2.28. The number of furan rings is 1. The van der Waals surface area contributed by atoms with Crippen molar-refractivity contribution in [3.05, 3.63) is 23.7 Å². The standard InChI is InChI=1S/C13H22N2O/c1-3-11-6-7-15(9-11)12(8-14)13-5-4-10(2)16-13/h4-5,11-12H,3,6-9,14H2,1-2H3. The average Bonchev–Trinajstić information content (AvgIpc) is 2.89. The summed E-state index contributed by atoms with van der Waals surface area (Å²) in [6.07, 6.45) is 2.57. The lowest BCUT2D eigenvalue weighted by Crippen LogP contribution is -2.31. The van der Waals surface area contributed by atoms with Gasteiger partial charge in [0.2, 0.25) is 0 Å². The van der Waals surface area contributed by atoms with E-state index in [0.717, 1.165) is 30.5 Å². The number of hydrogen-bond acceptors (Lipinski definition) is 3. The zero-order valence-corrected chi connectivity index (χ0v) is 10.3. The SMILES string of the molecule is CCC1CCN(C(CN)c2ccc(C)o2)C1. The molecule has 2 atom stereocenters. The topological polar surface area (TPSA) is 42.4 Å². The van der Waals surface area contributed by atoms with E-state index >= 15 is 0 Å². The quantitative estimate of drug-likeness (QED) is 0.850. The second kappa shape index (κ2) is 5.02. The van der Waals surface area contributed by atoms with Crippen molar-refractivity contribution in [3.63, 3.8) is 0 Å². The van der Waals surface area contributed by atoms with Gasteiger partial charge in [-0.2, -0.15) is 0 Å². The minimum atomic E-state index is 0.269. The molecule has 1 fully saturated rings. The molecular formula is C13H22N2O. The fraction of sp³-hybridized carbons (Fsp3) is 0.692. The van der Waals surface area contributed by atoms with Crippen LogP contribution in [0.5, 0.6) is 0 Å². The lowest BCUT2D eigenvalue weighted by atomic mass is 10.1. The molecule has 2 N–H and O–H groups in total. The first-order valence-corrected chi connectivity index (χ1v) is 6.25. The molecule has 0 radical (unpaired) electrons. The third-order valence-corrected chi connectivity index (χ3v) is 3.65. The zero-order valence-electron chi connectivity index (χ0n) is 10.3. The Morgan fingerprint density at radius 2 is 2.38 bits per heavy atom. The summed E-state index contributed by atoms with van der Waals surface area (Å²) < 4.78 is 5.70. The normalized spacial score (nSPS) is 23.8. The van der Waals surface area contributed by atoms with E-state index in [1.165, 1.54) is 12.8 Å². The zero-order chi connectivity index (χ0) is 11.5. The largest absolute Gasteiger partial charge is 0.465 e. The Morgan fingerprint density at radius 3 is 2.88 bits per heavy atom. The molecule has 0 amide bonds. The molecule has 1 aliphatic rings. The number of hydrogen-bond donors (Lipinski definition) is 1. The van der Waals surface area contributed by atoms with Gasteiger partial charge in [0.25, 0.3) is 0 Å². The Kier molecular flexibility index (Phi) is 3.66. The molecule has 0 bridgehead atoms. The summed E-state index contributed by atoms with van der Waals surface area (Å²) in [5.74, 6) is 2.83. The predicted molar refractivity (Wildman–Crippen MR) is 65.2 cm³/mol. The van der Waals surface area contributed by atoms with Crippen LogP contribution in [-0.4, -0.2) is 24.5 Å². The third-order valence-electron chi connectivity index (χ3n) is 3.65. The van der Waals surface area contributed by atoms with E-state index in [0.29, 0.717) is 6.54 Å². The molecule has 2 rings (SSSR count). The number of nitrogens with two attached hydrogens (primary N) is 1. The molecular weight excluding hydrogens is 200 g/mol. The van der Waals surface area contributed by atoms with Gasteiger partial charge in [0.15, 0.2) is 0 Å². The van der Waals surface area contributed by atoms with Crippen LogP contribution in [-0.2, 0) is 0 Å². The van der Waals surface area contributed by atoms with Crippen LogP contribution in [0.3, 0.4) is 0 Å². The molecule has 90 valence electrons. The van der Waals surface area contributed by atoms with E-state index < -0.39 is 0 Å². The van der Waals surface area contributed by atoms with Gasteiger partial charge in [-0.1, -0.05) is 13.3 Å². The number of likely N-dealkylation sites (tertiary alicyclic amines) is 1. The summed E-state index contributed by atoms with van der Waals surface area (Å²) in [5, 5.41) is 0. The minimum Gasteiger partial charge on any atom is -0.465 e. The van der Waals surface area contributed by atoms with Crippen molar-refractivity contribution in [2.45, 2.75) is 32.7 Å². The summed E-state index contributed by atoms with van der Waals surface area (Å²) in [6.45, 7) is 7.21. The summed E-state index contributed by atoms with van der Waals surface area (Å²) >= 11 is 0. The maximum Gasteiger partial charge on any atom is 0.122 e. The van der Waals surface area contributed by atoms with E-state index in [9.17, 15) is 0 Å². The van der Waals surface area contributed by atoms with Crippen LogP contribution in [0.2, 0.25) is 0 Å². The Labute approximate surface area is 97.6 Å². The summed E-state index contributed by atoms with van der Waals surface area (Å²) in [6, 6.07) is 4.35. The number of aryl methyl sites for hydroxylation is 1. The minimum absolute atomic E-state index is 0.269. The first-order chi connectivity index (χ1) is 7.74. The molecule has 1 aliphatic heterocycles. The molecule has 0 spiro atoms. The monoisotopic (exact) mass is 222 g/mol. The van der Waals surface area contributed by atoms with Crippen LogP contribution in [0.4, 0.5) is 0 Å². The van der Waals surface area contributed by atoms with Gasteiger partial charge in [-0.15, -0.1) is 0 Å². The molecule has 16 heavy (non-hydrogen) atoms. The van der Waals surface area contributed by atoms with E-state index in [2.05, 4.69) is 17.9 Å². The molecule has 1 aromatic heterocycles. The number of nitrogens with zero attached hydrogens (tertiary/aromatic N) is 1. The molecule has 0 aliphatic carbocycles. The van der Waals surface area contributed by atoms with Gasteiger partial charge >= 0.3 is 0 Å². The van der Waals surface area contributed by atoms with Crippen LogP contribution in [0.15, 0.2) is 16.5 Å². The first-order valence-electron chi connectivity index (χ1n) is 6.25. The third kappa shape index (κ3) is 2.30. The fourth-order valence-electron chi connectivity index (χ4n) is 2.56. The predicted octanol–water partition coefficient (Wildman–Crippen LogP) is 2.32. The summed E-state index contributed by atoms with van der Waals surface area (Å²) in [5.41, 5.74) is 5.88. The van der Waals surface area contributed by atoms with Crippen LogP contribution in [0.1, 0.15) is 37.3 Å². The first kappa shape index (κ1) is 11.7. The molecule has 0 saturated carbocycles. The Balaban J connectivity index is 2.06. The summed E-state index contributed by atoms with van der Waals surface area (Å²) in [4.78, 5) is 2.46. The molecule has 1 aromatic rings. The smallest absolute Gasteiger partial charge is 0.122 e. The lowest BCUT2D eigenvalue weighted by Gasteiger charge is -2.24. The molecule has 2 unspecified atom stereocenters. The van der Waals surface area contributed by atoms with Crippen molar-refractivity contribution in [1.29, 1.82) is 0 Å². The van der Waals surface area contributed by atoms with Crippen molar-refractivity contribution in [3.8, 4) is 0 Å². The van der Waals surface area contributed by atoms with Gasteiger partial charge in [-0.05, 0) is 37.9 Å². The van der Waals surface area contributed by atoms with Crippen molar-refractivity contribution in [1.82, 2.24) is 4.90 Å². The molecule has 3 heteroatoms. The highest BCUT2D eigenvalue weighted by Crippen LogP contribution is 2.29. The second-order valence-corrected chi connectivity index (χ2v) is 4.76. The van der Waals surface area contributed by atoms with Crippen LogP contribution in [0, 0.1) is 12.8 Å². The van der Waals surface area contributed by atoms with Crippen molar-refractivity contribution in [2.24, 2.45) is 11.7 Å². The van der Waals surface area contributed by atoms with Gasteiger partial charge in [0.05, 0.1) is 6.04 Å². The molecule has 2 heterocycles. The van der Waals surface area contributed by atoms with Crippen LogP contribution < -0.4 is 5.73 Å². The molecule has 3 nitrogen and oxygen atoms in total. The Morgan fingerprint density at radius 1 is 1.56 bits per heavy atom. The van der Waals surface area contributed by atoms with Gasteiger partial charge < -0.3 is 10.2 Å². The lowest BCUT2D eigenvalue weighted by molar-refractivity contribution is 0.211. The highest BCUT2D eigenvalue weighted by atomic mass is 16.3. The number of rotatable bonds is 4. The van der Waals surface area contributed by atoms with Crippen molar-refractivity contribution < 1.29 is 4.42 Å². The highest BCUT2D eigenvalue weighted by molar-refractivity contribution is 5.11. The van der Waals surface area contributed by atoms with E-state index in [1.54, 1.807) is 0 Å². The van der Waals surface area contributed by atoms with Crippen LogP contribution >= 0.6 is 0 Å². The van der Waals surface area contributed by atoms with E-state index in [4.69, 9.17) is 10.2 Å². The molecule has 1 saturated heterocycles. The second-order valence-electron chi connectivity index (χ2n) is 4.76. The fourth-order valence-corrected chi connectivity index (χ4v) is 2.56. The Hall–Kier alpha value is -0.800. The van der Waals surface area contributed by atoms with Gasteiger partial charge in [0, 0.05) is 13.1 Å². The van der Waals surface area contributed by atoms with Gasteiger partial charge in [0.1, 0.15) is 11.5 Å². The van der Waals surface area contributed by atoms with Crippen molar-refractivity contribution >= 4 is 0 Å². The molecule has 0 aromatic carbocycles. The van der Waals surface area contributed by atoms with Crippen LogP contribution in [0.25, 0.3) is 0 Å². The van der Waals surface area contributed by atoms with E-state index in [-0.39, 0.29) is 6.04 Å². The van der Waals surface area contributed by atoms with Crippen molar-refractivity contribution in [2.75, 3.05) is 19.6 Å². The maximum atomic E-state index is 5.88. The Bertz CT molecular complexity index is 334. The van der Waals surface area contributed by atoms with Gasteiger partial charge in [-0.25, -0.2) is 0 Å². The van der Waals surface area contributed by atoms with E-state index in [1.807, 2.05) is 13.0 Å². The van der Waals surface area contributed by atoms with Gasteiger partial charge in [-0.3, -0.25) is 4.90 Å². The summed E-state index contributed by atoms with van der Waals surface area (Å²) in [7, 11) is 0. The maximum absolute atomic E-state index is 5.88.